The first-order chi connectivity index (χ1) is 12.4. The second-order valence-electron chi connectivity index (χ2n) is 5.81. The number of rotatable bonds is 6. The number of sulfone groups is 1. The summed E-state index contributed by atoms with van der Waals surface area (Å²) in [7, 11) is -3.20. The second-order valence-corrected chi connectivity index (χ2v) is 7.82. The molecule has 0 saturated carbocycles. The summed E-state index contributed by atoms with van der Waals surface area (Å²) >= 11 is 0. The van der Waals surface area contributed by atoms with Crippen molar-refractivity contribution in [3.8, 4) is 0 Å². The molecule has 0 aliphatic carbocycles. The molecule has 2 N–H and O–H groups in total. The van der Waals surface area contributed by atoms with Gasteiger partial charge in [0.25, 0.3) is 0 Å². The number of hydrogen-bond acceptors (Lipinski definition) is 6. The molecule has 3 rings (SSSR count). The molecule has 0 atom stereocenters. The van der Waals surface area contributed by atoms with Gasteiger partial charge in [-0.25, -0.2) is 18.2 Å². The number of ether oxygens (including phenoxy) is 1. The molecule has 0 radical (unpaired) electrons. The number of benzene rings is 2. The van der Waals surface area contributed by atoms with E-state index in [-0.39, 0.29) is 10.9 Å². The molecule has 0 bridgehead atoms. The molecule has 1 heterocycles. The zero-order valence-electron chi connectivity index (χ0n) is 14.4. The van der Waals surface area contributed by atoms with Crippen LogP contribution in [0.4, 0.5) is 5.95 Å². The average molecular weight is 373 g/mol. The predicted octanol–water partition coefficient (Wildman–Crippen LogP) is 2.76. The van der Waals surface area contributed by atoms with Crippen LogP contribution in [-0.2, 0) is 21.1 Å². The highest BCUT2D eigenvalue weighted by Gasteiger charge is 2.10. The maximum atomic E-state index is 11.8. The zero-order chi connectivity index (χ0) is 18.7. The molecule has 0 amide bonds. The van der Waals surface area contributed by atoms with E-state index in [0.717, 1.165) is 16.6 Å². The Kier molecular flexibility index (Phi) is 4.94. The van der Waals surface area contributed by atoms with Crippen molar-refractivity contribution in [2.45, 2.75) is 18.4 Å². The number of nitrogens with zero attached hydrogens (tertiary/aromatic N) is 1. The third kappa shape index (κ3) is 4.02. The first-order valence-corrected chi connectivity index (χ1v) is 9.95. The zero-order valence-corrected chi connectivity index (χ0v) is 15.3. The number of imidazole rings is 1. The van der Waals surface area contributed by atoms with Crippen LogP contribution in [0.15, 0.2) is 47.4 Å². The summed E-state index contributed by atoms with van der Waals surface area (Å²) in [5.74, 6) is 0.192. The largest absolute Gasteiger partial charge is 0.462 e. The Morgan fingerprint density at radius 1 is 1.19 bits per heavy atom. The van der Waals surface area contributed by atoms with Gasteiger partial charge in [0.15, 0.2) is 9.84 Å². The van der Waals surface area contributed by atoms with Gasteiger partial charge in [-0.15, -0.1) is 0 Å². The van der Waals surface area contributed by atoms with E-state index >= 15 is 0 Å². The number of H-pyrrole nitrogens is 1. The van der Waals surface area contributed by atoms with Crippen LogP contribution in [0.3, 0.4) is 0 Å². The molecule has 0 aliphatic rings. The van der Waals surface area contributed by atoms with Crippen LogP contribution in [0.1, 0.15) is 22.8 Å². The highest BCUT2D eigenvalue weighted by atomic mass is 32.2. The lowest BCUT2D eigenvalue weighted by Crippen LogP contribution is -2.04. The van der Waals surface area contributed by atoms with Crippen molar-refractivity contribution in [1.29, 1.82) is 0 Å². The van der Waals surface area contributed by atoms with E-state index < -0.39 is 9.84 Å². The summed E-state index contributed by atoms with van der Waals surface area (Å²) in [5.41, 5.74) is 2.84. The SMILES string of the molecule is CCOC(=O)c1ccc2nc(NCc3ccc(S(C)(=O)=O)cc3)[nH]c2c1. The third-order valence-electron chi connectivity index (χ3n) is 3.80. The van der Waals surface area contributed by atoms with Crippen molar-refractivity contribution in [3.63, 3.8) is 0 Å². The Labute approximate surface area is 151 Å². The van der Waals surface area contributed by atoms with Gasteiger partial charge in [0.2, 0.25) is 5.95 Å². The van der Waals surface area contributed by atoms with Gasteiger partial charge in [-0.3, -0.25) is 0 Å². The van der Waals surface area contributed by atoms with Gasteiger partial charge >= 0.3 is 5.97 Å². The van der Waals surface area contributed by atoms with Gasteiger partial charge in [0, 0.05) is 12.8 Å². The van der Waals surface area contributed by atoms with E-state index in [0.29, 0.717) is 24.7 Å². The van der Waals surface area contributed by atoms with Crippen molar-refractivity contribution in [2.75, 3.05) is 18.2 Å². The molecule has 136 valence electrons. The molecule has 26 heavy (non-hydrogen) atoms. The minimum absolute atomic E-state index is 0.288. The molecular formula is C18H19N3O4S. The molecular weight excluding hydrogens is 354 g/mol. The number of fused-ring (bicyclic) bond motifs is 1. The Hall–Kier alpha value is -2.87. The Bertz CT molecular complexity index is 1040. The van der Waals surface area contributed by atoms with Crippen LogP contribution in [-0.4, -0.2) is 37.2 Å². The number of carbonyl (C=O) groups is 1. The lowest BCUT2D eigenvalue weighted by Gasteiger charge is -2.04. The molecule has 2 aromatic carbocycles. The van der Waals surface area contributed by atoms with Gasteiger partial charge < -0.3 is 15.0 Å². The number of aromatic nitrogens is 2. The van der Waals surface area contributed by atoms with Crippen LogP contribution in [0, 0.1) is 0 Å². The lowest BCUT2D eigenvalue weighted by molar-refractivity contribution is 0.0526. The molecule has 7 nitrogen and oxygen atoms in total. The smallest absolute Gasteiger partial charge is 0.338 e. The highest BCUT2D eigenvalue weighted by molar-refractivity contribution is 7.90. The average Bonchev–Trinajstić information content (AvgIpc) is 3.02. The maximum absolute atomic E-state index is 11.8. The molecule has 0 unspecified atom stereocenters. The minimum Gasteiger partial charge on any atom is -0.462 e. The van der Waals surface area contributed by atoms with Crippen LogP contribution in [0.5, 0.6) is 0 Å². The maximum Gasteiger partial charge on any atom is 0.338 e. The van der Waals surface area contributed by atoms with E-state index in [4.69, 9.17) is 4.74 Å². The topological polar surface area (TPSA) is 101 Å². The van der Waals surface area contributed by atoms with E-state index in [2.05, 4.69) is 15.3 Å². The van der Waals surface area contributed by atoms with Crippen molar-refractivity contribution >= 4 is 32.8 Å². The van der Waals surface area contributed by atoms with Crippen LogP contribution in [0.25, 0.3) is 11.0 Å². The molecule has 0 aliphatic heterocycles. The normalized spacial score (nSPS) is 11.5. The number of carbonyl (C=O) groups excluding carboxylic acids is 1. The Morgan fingerprint density at radius 2 is 1.92 bits per heavy atom. The third-order valence-corrected chi connectivity index (χ3v) is 4.93. The molecule has 0 spiro atoms. The fourth-order valence-electron chi connectivity index (χ4n) is 2.48. The van der Waals surface area contributed by atoms with E-state index in [1.807, 2.05) is 0 Å². The number of esters is 1. The van der Waals surface area contributed by atoms with Crippen LogP contribution in [0.2, 0.25) is 0 Å². The van der Waals surface area contributed by atoms with Crippen LogP contribution >= 0.6 is 0 Å². The molecule has 8 heteroatoms. The summed E-state index contributed by atoms with van der Waals surface area (Å²) in [5, 5.41) is 3.15. The summed E-state index contributed by atoms with van der Waals surface area (Å²) < 4.78 is 27.9. The number of anilines is 1. The van der Waals surface area contributed by atoms with Crippen molar-refractivity contribution in [1.82, 2.24) is 9.97 Å². The van der Waals surface area contributed by atoms with E-state index in [1.165, 1.54) is 6.26 Å². The Morgan fingerprint density at radius 3 is 2.58 bits per heavy atom. The fraction of sp³-hybridized carbons (Fsp3) is 0.222. The van der Waals surface area contributed by atoms with Crippen molar-refractivity contribution in [3.05, 3.63) is 53.6 Å². The van der Waals surface area contributed by atoms with Gasteiger partial charge in [0.05, 0.1) is 28.1 Å². The van der Waals surface area contributed by atoms with E-state index in [1.54, 1.807) is 49.4 Å². The standard InChI is InChI=1S/C18H19N3O4S/c1-3-25-17(22)13-6-9-15-16(10-13)21-18(20-15)19-11-12-4-7-14(8-5-12)26(2,23)24/h4-10H,3,11H2,1-2H3,(H2,19,20,21). The van der Waals surface area contributed by atoms with Gasteiger partial charge in [-0.05, 0) is 42.8 Å². The first-order valence-electron chi connectivity index (χ1n) is 8.06. The molecule has 0 saturated heterocycles. The van der Waals surface area contributed by atoms with Crippen molar-refractivity contribution in [2.24, 2.45) is 0 Å². The number of nitrogens with one attached hydrogen (secondary N) is 2. The highest BCUT2D eigenvalue weighted by Crippen LogP contribution is 2.18. The molecule has 1 aromatic heterocycles. The summed E-state index contributed by atoms with van der Waals surface area (Å²) in [6.07, 6.45) is 1.18. The predicted molar refractivity (Wildman–Crippen MR) is 98.9 cm³/mol. The molecule has 3 aromatic rings. The minimum atomic E-state index is -3.20. The van der Waals surface area contributed by atoms with E-state index in [9.17, 15) is 13.2 Å². The van der Waals surface area contributed by atoms with Crippen molar-refractivity contribution < 1.29 is 17.9 Å². The fourth-order valence-corrected chi connectivity index (χ4v) is 3.11. The summed E-state index contributed by atoms with van der Waals surface area (Å²) in [4.78, 5) is 19.6. The second kappa shape index (κ2) is 7.17. The summed E-state index contributed by atoms with van der Waals surface area (Å²) in [6, 6.07) is 11.8. The number of hydrogen-bond donors (Lipinski definition) is 2. The van der Waals surface area contributed by atoms with Gasteiger partial charge in [-0.2, -0.15) is 0 Å². The lowest BCUT2D eigenvalue weighted by atomic mass is 10.2. The first kappa shape index (κ1) is 17.9. The summed E-state index contributed by atoms with van der Waals surface area (Å²) in [6.45, 7) is 2.57. The quantitative estimate of drug-likeness (QED) is 0.644. The van der Waals surface area contributed by atoms with Gasteiger partial charge in [-0.1, -0.05) is 12.1 Å². The van der Waals surface area contributed by atoms with Gasteiger partial charge in [0.1, 0.15) is 0 Å². The monoisotopic (exact) mass is 373 g/mol. The Balaban J connectivity index is 1.72. The number of aromatic amines is 1. The van der Waals surface area contributed by atoms with Crippen LogP contribution < -0.4 is 5.32 Å². The molecule has 0 fully saturated rings.